The van der Waals surface area contributed by atoms with Crippen LogP contribution in [-0.4, -0.2) is 28.7 Å². The molecule has 2 rings (SSSR count). The topological polar surface area (TPSA) is 78.6 Å². The Morgan fingerprint density at radius 2 is 1.79 bits per heavy atom. The van der Waals surface area contributed by atoms with Crippen LogP contribution in [0.4, 0.5) is 0 Å². The van der Waals surface area contributed by atoms with E-state index in [1.54, 1.807) is 19.2 Å². The van der Waals surface area contributed by atoms with Crippen LogP contribution >= 0.6 is 0 Å². The molecule has 0 aliphatic rings. The summed E-state index contributed by atoms with van der Waals surface area (Å²) in [5, 5.41) is 6.80. The lowest BCUT2D eigenvalue weighted by molar-refractivity contribution is 0.146. The highest BCUT2D eigenvalue weighted by Crippen LogP contribution is 2.23. The SMILES string of the molecule is COCCOc1ccc2ccc(S(N)(=O)=O)cc2c1. The number of methoxy groups -OCH3 is 1. The van der Waals surface area contributed by atoms with Gasteiger partial charge in [-0.25, -0.2) is 13.6 Å². The third kappa shape index (κ3) is 3.44. The van der Waals surface area contributed by atoms with Crippen LogP contribution in [0.2, 0.25) is 0 Å². The van der Waals surface area contributed by atoms with Gasteiger partial charge in [0.15, 0.2) is 0 Å². The maximum Gasteiger partial charge on any atom is 0.238 e. The molecular formula is C13H15NO4S. The van der Waals surface area contributed by atoms with E-state index in [1.807, 2.05) is 12.1 Å². The molecule has 0 radical (unpaired) electrons. The summed E-state index contributed by atoms with van der Waals surface area (Å²) in [5.74, 6) is 0.663. The quantitative estimate of drug-likeness (QED) is 0.843. The van der Waals surface area contributed by atoms with Crippen molar-refractivity contribution < 1.29 is 17.9 Å². The summed E-state index contributed by atoms with van der Waals surface area (Å²) in [5.41, 5.74) is 0. The highest BCUT2D eigenvalue weighted by Gasteiger charge is 2.08. The normalized spacial score (nSPS) is 11.7. The minimum Gasteiger partial charge on any atom is -0.491 e. The lowest BCUT2D eigenvalue weighted by Gasteiger charge is -2.07. The number of hydrogen-bond acceptors (Lipinski definition) is 4. The second kappa shape index (κ2) is 5.56. The molecule has 0 aliphatic carbocycles. The van der Waals surface area contributed by atoms with E-state index < -0.39 is 10.0 Å². The summed E-state index contributed by atoms with van der Waals surface area (Å²) in [6.45, 7) is 0.937. The monoisotopic (exact) mass is 281 g/mol. The van der Waals surface area contributed by atoms with Crippen molar-refractivity contribution in [2.24, 2.45) is 5.14 Å². The van der Waals surface area contributed by atoms with Crippen molar-refractivity contribution in [2.45, 2.75) is 4.90 Å². The van der Waals surface area contributed by atoms with Gasteiger partial charge in [0.1, 0.15) is 12.4 Å². The summed E-state index contributed by atoms with van der Waals surface area (Å²) < 4.78 is 33.0. The molecule has 2 N–H and O–H groups in total. The van der Waals surface area contributed by atoms with Crippen LogP contribution in [-0.2, 0) is 14.8 Å². The molecule has 0 bridgehead atoms. The second-order valence-electron chi connectivity index (χ2n) is 4.06. The summed E-state index contributed by atoms with van der Waals surface area (Å²) >= 11 is 0. The first kappa shape index (κ1) is 13.8. The van der Waals surface area contributed by atoms with Crippen LogP contribution in [0.3, 0.4) is 0 Å². The van der Waals surface area contributed by atoms with Crippen molar-refractivity contribution in [3.8, 4) is 5.75 Å². The minimum atomic E-state index is -3.69. The number of nitrogens with two attached hydrogens (primary N) is 1. The maximum atomic E-state index is 11.3. The van der Waals surface area contributed by atoms with E-state index in [1.165, 1.54) is 12.1 Å². The Bertz CT molecular complexity index is 682. The van der Waals surface area contributed by atoms with Gasteiger partial charge < -0.3 is 9.47 Å². The fraction of sp³-hybridized carbons (Fsp3) is 0.231. The molecule has 2 aromatic carbocycles. The van der Waals surface area contributed by atoms with Gasteiger partial charge in [-0.1, -0.05) is 12.1 Å². The van der Waals surface area contributed by atoms with E-state index in [0.717, 1.165) is 10.8 Å². The van der Waals surface area contributed by atoms with E-state index in [-0.39, 0.29) is 4.90 Å². The number of hydrogen-bond donors (Lipinski definition) is 1. The van der Waals surface area contributed by atoms with Gasteiger partial charge in [0.05, 0.1) is 11.5 Å². The van der Waals surface area contributed by atoms with E-state index in [4.69, 9.17) is 14.6 Å². The smallest absolute Gasteiger partial charge is 0.238 e. The van der Waals surface area contributed by atoms with Crippen molar-refractivity contribution in [3.05, 3.63) is 36.4 Å². The number of ether oxygens (including phenoxy) is 2. The van der Waals surface area contributed by atoms with E-state index >= 15 is 0 Å². The van der Waals surface area contributed by atoms with Crippen LogP contribution in [0, 0.1) is 0 Å². The average molecular weight is 281 g/mol. The van der Waals surface area contributed by atoms with Gasteiger partial charge in [0.25, 0.3) is 0 Å². The third-order valence-corrected chi connectivity index (χ3v) is 3.58. The minimum absolute atomic E-state index is 0.0917. The Balaban J connectivity index is 2.34. The van der Waals surface area contributed by atoms with Gasteiger partial charge >= 0.3 is 0 Å². The Morgan fingerprint density at radius 1 is 1.05 bits per heavy atom. The Kier molecular flexibility index (Phi) is 4.04. The predicted octanol–water partition coefficient (Wildman–Crippen LogP) is 1.51. The molecule has 0 heterocycles. The van der Waals surface area contributed by atoms with Crippen molar-refractivity contribution in [2.75, 3.05) is 20.3 Å². The van der Waals surface area contributed by atoms with Gasteiger partial charge in [-0.3, -0.25) is 0 Å². The number of rotatable bonds is 5. The molecule has 19 heavy (non-hydrogen) atoms. The first-order chi connectivity index (χ1) is 9.00. The molecule has 0 fully saturated rings. The van der Waals surface area contributed by atoms with E-state index in [0.29, 0.717) is 19.0 Å². The Morgan fingerprint density at radius 3 is 2.47 bits per heavy atom. The molecule has 0 atom stereocenters. The summed E-state index contributed by atoms with van der Waals surface area (Å²) in [6.07, 6.45) is 0. The molecule has 0 spiro atoms. The van der Waals surface area contributed by atoms with Gasteiger partial charge in [-0.15, -0.1) is 0 Å². The number of fused-ring (bicyclic) bond motifs is 1. The van der Waals surface area contributed by atoms with E-state index in [9.17, 15) is 8.42 Å². The Labute approximate surface area is 112 Å². The zero-order valence-electron chi connectivity index (χ0n) is 10.5. The molecule has 0 saturated carbocycles. The van der Waals surface area contributed by atoms with Crippen LogP contribution < -0.4 is 9.88 Å². The standard InChI is InChI=1S/C13H15NO4S/c1-17-6-7-18-12-4-2-10-3-5-13(19(14,15)16)9-11(10)8-12/h2-5,8-9H,6-7H2,1H3,(H2,14,15,16). The van der Waals surface area contributed by atoms with Crippen LogP contribution in [0.1, 0.15) is 0 Å². The lowest BCUT2D eigenvalue weighted by atomic mass is 10.1. The first-order valence-electron chi connectivity index (χ1n) is 5.69. The van der Waals surface area contributed by atoms with Crippen LogP contribution in [0.25, 0.3) is 10.8 Å². The second-order valence-corrected chi connectivity index (χ2v) is 5.62. The molecule has 0 amide bonds. The fourth-order valence-electron chi connectivity index (χ4n) is 1.71. The van der Waals surface area contributed by atoms with Crippen molar-refractivity contribution in [3.63, 3.8) is 0 Å². The van der Waals surface area contributed by atoms with Crippen molar-refractivity contribution in [1.29, 1.82) is 0 Å². The van der Waals surface area contributed by atoms with Crippen molar-refractivity contribution >= 4 is 20.8 Å². The summed E-state index contributed by atoms with van der Waals surface area (Å²) in [7, 11) is -2.09. The predicted molar refractivity (Wildman–Crippen MR) is 72.7 cm³/mol. The third-order valence-electron chi connectivity index (χ3n) is 2.67. The van der Waals surface area contributed by atoms with Gasteiger partial charge in [-0.05, 0) is 35.0 Å². The maximum absolute atomic E-state index is 11.3. The molecule has 5 nitrogen and oxygen atoms in total. The van der Waals surface area contributed by atoms with Crippen LogP contribution in [0.15, 0.2) is 41.3 Å². The summed E-state index contributed by atoms with van der Waals surface area (Å²) in [6, 6.07) is 10.2. The molecule has 0 unspecified atom stereocenters. The summed E-state index contributed by atoms with van der Waals surface area (Å²) in [4.78, 5) is 0.0917. The molecule has 0 saturated heterocycles. The number of sulfonamides is 1. The first-order valence-corrected chi connectivity index (χ1v) is 7.24. The highest BCUT2D eigenvalue weighted by molar-refractivity contribution is 7.89. The molecule has 2 aromatic rings. The van der Waals surface area contributed by atoms with Crippen molar-refractivity contribution in [1.82, 2.24) is 0 Å². The Hall–Kier alpha value is -1.63. The molecule has 0 aromatic heterocycles. The molecular weight excluding hydrogens is 266 g/mol. The largest absolute Gasteiger partial charge is 0.491 e. The fourth-order valence-corrected chi connectivity index (χ4v) is 2.26. The molecule has 102 valence electrons. The molecule has 0 aliphatic heterocycles. The number of primary sulfonamides is 1. The zero-order chi connectivity index (χ0) is 13.9. The lowest BCUT2D eigenvalue weighted by Crippen LogP contribution is -2.11. The van der Waals surface area contributed by atoms with Crippen LogP contribution in [0.5, 0.6) is 5.75 Å². The van der Waals surface area contributed by atoms with E-state index in [2.05, 4.69) is 0 Å². The van der Waals surface area contributed by atoms with Gasteiger partial charge in [0, 0.05) is 7.11 Å². The van der Waals surface area contributed by atoms with Gasteiger partial charge in [0.2, 0.25) is 10.0 Å². The highest BCUT2D eigenvalue weighted by atomic mass is 32.2. The zero-order valence-corrected chi connectivity index (χ0v) is 11.3. The average Bonchev–Trinajstić information content (AvgIpc) is 2.37. The molecule has 6 heteroatoms. The number of benzene rings is 2. The van der Waals surface area contributed by atoms with Gasteiger partial charge in [-0.2, -0.15) is 0 Å².